The Bertz CT molecular complexity index is 1090. The molecule has 0 bridgehead atoms. The summed E-state index contributed by atoms with van der Waals surface area (Å²) in [6.45, 7) is 12.1. The van der Waals surface area contributed by atoms with Gasteiger partial charge in [0.05, 0.1) is 6.61 Å². The number of carbonyl (C=O) groups is 5. The van der Waals surface area contributed by atoms with Crippen molar-refractivity contribution in [1.29, 1.82) is 0 Å². The van der Waals surface area contributed by atoms with Gasteiger partial charge in [-0.3, -0.25) is 24.0 Å². The third kappa shape index (κ3) is 35.8. The summed E-state index contributed by atoms with van der Waals surface area (Å²) in [7, 11) is 0. The van der Waals surface area contributed by atoms with Crippen LogP contribution in [0.4, 0.5) is 0 Å². The molecular weight excluding hydrogens is 785 g/mol. The zero-order chi connectivity index (χ0) is 45.9. The number of unbranched alkanes of at least 4 members (excludes halogenated alkanes) is 23. The maximum Gasteiger partial charge on any atom is 0.305 e. The second-order valence-corrected chi connectivity index (χ2v) is 17.5. The van der Waals surface area contributed by atoms with Crippen molar-refractivity contribution in [3.05, 3.63) is 0 Å². The first-order chi connectivity index (χ1) is 30.1. The Morgan fingerprint density at radius 1 is 0.290 bits per heavy atom. The standard InChI is InChI=1S/C52H96O10/c1-7-13-15-17-26-32-38-44(59-48(53)9-3)46(61-50(55)11-5)40-34-28-22-20-19-21-23-30-36-42-52(57)58-43-37-31-25-24-29-35-41-47(62-51(56)12-6)45(60-49(54)10-4)39-33-27-18-16-14-8-2/h44-47H,7-43H2,1-6H3. The normalized spacial score (nSPS) is 13.2. The first-order valence-electron chi connectivity index (χ1n) is 26.1. The lowest BCUT2D eigenvalue weighted by atomic mass is 9.98. The zero-order valence-corrected chi connectivity index (χ0v) is 41.1. The molecule has 0 amide bonds. The van der Waals surface area contributed by atoms with E-state index in [1.54, 1.807) is 27.7 Å². The van der Waals surface area contributed by atoms with Crippen LogP contribution < -0.4 is 0 Å². The van der Waals surface area contributed by atoms with Gasteiger partial charge in [0.25, 0.3) is 0 Å². The van der Waals surface area contributed by atoms with Crippen LogP contribution in [-0.2, 0) is 47.7 Å². The molecular formula is C52H96O10. The summed E-state index contributed by atoms with van der Waals surface area (Å²) in [5.41, 5.74) is 0. The van der Waals surface area contributed by atoms with E-state index in [-0.39, 0.29) is 48.2 Å². The highest BCUT2D eigenvalue weighted by Crippen LogP contribution is 2.23. The average molecular weight is 881 g/mol. The molecule has 0 aliphatic carbocycles. The highest BCUT2D eigenvalue weighted by Gasteiger charge is 2.29. The lowest BCUT2D eigenvalue weighted by Crippen LogP contribution is -2.35. The molecule has 0 aromatic rings. The molecule has 62 heavy (non-hydrogen) atoms. The minimum Gasteiger partial charge on any atom is -0.466 e. The van der Waals surface area contributed by atoms with Crippen LogP contribution in [-0.4, -0.2) is 60.9 Å². The van der Waals surface area contributed by atoms with Crippen molar-refractivity contribution in [3.8, 4) is 0 Å². The molecule has 0 aliphatic rings. The number of esters is 5. The van der Waals surface area contributed by atoms with E-state index in [1.807, 2.05) is 0 Å². The van der Waals surface area contributed by atoms with Gasteiger partial charge in [0, 0.05) is 32.1 Å². The fraction of sp³-hybridized carbons (Fsp3) is 0.904. The van der Waals surface area contributed by atoms with Crippen LogP contribution in [0.2, 0.25) is 0 Å². The van der Waals surface area contributed by atoms with Crippen molar-refractivity contribution >= 4 is 29.8 Å². The number of hydrogen-bond acceptors (Lipinski definition) is 10. The Morgan fingerprint density at radius 3 is 0.806 bits per heavy atom. The molecule has 0 rings (SSSR count). The minimum atomic E-state index is -0.395. The van der Waals surface area contributed by atoms with E-state index in [9.17, 15) is 24.0 Å². The molecule has 4 atom stereocenters. The van der Waals surface area contributed by atoms with Gasteiger partial charge < -0.3 is 23.7 Å². The Labute approximate surface area is 380 Å². The maximum absolute atomic E-state index is 12.3. The molecule has 0 saturated carbocycles. The van der Waals surface area contributed by atoms with E-state index in [4.69, 9.17) is 23.7 Å². The third-order valence-corrected chi connectivity index (χ3v) is 11.8. The van der Waals surface area contributed by atoms with E-state index < -0.39 is 6.10 Å². The molecule has 0 spiro atoms. The predicted molar refractivity (Wildman–Crippen MR) is 251 cm³/mol. The summed E-state index contributed by atoms with van der Waals surface area (Å²) in [6.07, 6.45) is 32.6. The first kappa shape index (κ1) is 59.4. The Hall–Kier alpha value is -2.65. The van der Waals surface area contributed by atoms with Gasteiger partial charge >= 0.3 is 29.8 Å². The van der Waals surface area contributed by atoms with Crippen molar-refractivity contribution in [3.63, 3.8) is 0 Å². The second-order valence-electron chi connectivity index (χ2n) is 17.5. The first-order valence-corrected chi connectivity index (χ1v) is 26.1. The number of carbonyl (C=O) groups excluding carboxylic acids is 5. The van der Waals surface area contributed by atoms with Gasteiger partial charge in [0.2, 0.25) is 0 Å². The molecule has 0 N–H and O–H groups in total. The fourth-order valence-electron chi connectivity index (χ4n) is 7.81. The fourth-order valence-corrected chi connectivity index (χ4v) is 7.81. The van der Waals surface area contributed by atoms with Gasteiger partial charge in [-0.15, -0.1) is 0 Å². The van der Waals surface area contributed by atoms with Crippen LogP contribution in [0.3, 0.4) is 0 Å². The Kier molecular flexibility index (Phi) is 41.7. The smallest absolute Gasteiger partial charge is 0.305 e. The summed E-state index contributed by atoms with van der Waals surface area (Å²) >= 11 is 0. The van der Waals surface area contributed by atoms with Crippen LogP contribution in [0.25, 0.3) is 0 Å². The number of hydrogen-bond donors (Lipinski definition) is 0. The molecule has 4 unspecified atom stereocenters. The largest absolute Gasteiger partial charge is 0.466 e. The van der Waals surface area contributed by atoms with E-state index in [0.29, 0.717) is 45.1 Å². The molecule has 0 saturated heterocycles. The molecule has 0 fully saturated rings. The summed E-state index contributed by atoms with van der Waals surface area (Å²) in [6, 6.07) is 0. The highest BCUT2D eigenvalue weighted by atomic mass is 16.6. The maximum atomic E-state index is 12.3. The van der Waals surface area contributed by atoms with Crippen LogP contribution in [0.1, 0.15) is 273 Å². The average Bonchev–Trinajstić information content (AvgIpc) is 3.27. The molecule has 0 radical (unpaired) electrons. The molecule has 0 aromatic heterocycles. The zero-order valence-electron chi connectivity index (χ0n) is 41.1. The second kappa shape index (κ2) is 43.6. The van der Waals surface area contributed by atoms with E-state index in [0.717, 1.165) is 135 Å². The molecule has 0 heterocycles. The summed E-state index contributed by atoms with van der Waals surface area (Å²) in [4.78, 5) is 61.3. The van der Waals surface area contributed by atoms with Gasteiger partial charge in [-0.25, -0.2) is 0 Å². The highest BCUT2D eigenvalue weighted by molar-refractivity contribution is 5.71. The van der Waals surface area contributed by atoms with Crippen LogP contribution in [0.15, 0.2) is 0 Å². The lowest BCUT2D eigenvalue weighted by Gasteiger charge is -2.27. The van der Waals surface area contributed by atoms with Crippen LogP contribution >= 0.6 is 0 Å². The summed E-state index contributed by atoms with van der Waals surface area (Å²) in [5, 5.41) is 0. The third-order valence-electron chi connectivity index (χ3n) is 11.8. The van der Waals surface area contributed by atoms with Gasteiger partial charge in [-0.05, 0) is 64.2 Å². The van der Waals surface area contributed by atoms with Crippen molar-refractivity contribution < 1.29 is 47.7 Å². The van der Waals surface area contributed by atoms with E-state index >= 15 is 0 Å². The topological polar surface area (TPSA) is 132 Å². The molecule has 10 nitrogen and oxygen atoms in total. The van der Waals surface area contributed by atoms with Crippen molar-refractivity contribution in [2.75, 3.05) is 6.61 Å². The molecule has 364 valence electrons. The molecule has 10 heteroatoms. The van der Waals surface area contributed by atoms with Crippen LogP contribution in [0, 0.1) is 0 Å². The van der Waals surface area contributed by atoms with E-state index in [2.05, 4.69) is 13.8 Å². The molecule has 0 aliphatic heterocycles. The Balaban J connectivity index is 4.23. The van der Waals surface area contributed by atoms with Crippen molar-refractivity contribution in [2.45, 2.75) is 297 Å². The minimum absolute atomic E-state index is 0.0986. The number of rotatable bonds is 45. The van der Waals surface area contributed by atoms with E-state index in [1.165, 1.54) is 57.8 Å². The van der Waals surface area contributed by atoms with Gasteiger partial charge in [0.1, 0.15) is 24.4 Å². The van der Waals surface area contributed by atoms with Crippen molar-refractivity contribution in [2.24, 2.45) is 0 Å². The van der Waals surface area contributed by atoms with Gasteiger partial charge in [0.15, 0.2) is 0 Å². The summed E-state index contributed by atoms with van der Waals surface area (Å²) in [5.74, 6) is -1.04. The SMILES string of the molecule is CCCCCCCCC(OC(=O)CC)C(CCCCCCCCCCCC(=O)OCCCCCCCCC(OC(=O)CC)C(CCCCCCCC)OC(=O)CC)OC(=O)CC. The number of ether oxygens (including phenoxy) is 5. The Morgan fingerprint density at radius 2 is 0.532 bits per heavy atom. The molecule has 0 aromatic carbocycles. The summed E-state index contributed by atoms with van der Waals surface area (Å²) < 4.78 is 28.8. The monoisotopic (exact) mass is 881 g/mol. The lowest BCUT2D eigenvalue weighted by molar-refractivity contribution is -0.169. The van der Waals surface area contributed by atoms with Crippen molar-refractivity contribution in [1.82, 2.24) is 0 Å². The van der Waals surface area contributed by atoms with Gasteiger partial charge in [-0.2, -0.15) is 0 Å². The quantitative estimate of drug-likeness (QED) is 0.0331. The van der Waals surface area contributed by atoms with Crippen LogP contribution in [0.5, 0.6) is 0 Å². The van der Waals surface area contributed by atoms with Gasteiger partial charge in [-0.1, -0.05) is 176 Å². The predicted octanol–water partition coefficient (Wildman–Crippen LogP) is 14.3.